The van der Waals surface area contributed by atoms with Crippen LogP contribution in [0.25, 0.3) is 0 Å². The van der Waals surface area contributed by atoms with E-state index in [1.54, 1.807) is 0 Å². The number of halogens is 3. The van der Waals surface area contributed by atoms with E-state index in [0.717, 1.165) is 57.1 Å². The van der Waals surface area contributed by atoms with Crippen LogP contribution in [0, 0.1) is 0 Å². The fourth-order valence-corrected chi connectivity index (χ4v) is 3.66. The van der Waals surface area contributed by atoms with Crippen LogP contribution in [0.4, 0.5) is 13.2 Å². The van der Waals surface area contributed by atoms with Crippen molar-refractivity contribution in [2.45, 2.75) is 70.1 Å². The molecule has 2 aromatic rings. The molecule has 1 atom stereocenters. The first-order valence-corrected chi connectivity index (χ1v) is 10.8. The third-order valence-corrected chi connectivity index (χ3v) is 5.42. The van der Waals surface area contributed by atoms with Crippen molar-refractivity contribution in [2.24, 2.45) is 0 Å². The number of carbonyl (C=O) groups is 1. The summed E-state index contributed by atoms with van der Waals surface area (Å²) in [5, 5.41) is 10.3. The van der Waals surface area contributed by atoms with Gasteiger partial charge in [0, 0.05) is 0 Å². The van der Waals surface area contributed by atoms with Crippen molar-refractivity contribution in [3.63, 3.8) is 0 Å². The average molecular weight is 437 g/mol. The first-order valence-electron chi connectivity index (χ1n) is 10.8. The number of aryl methyl sites for hydroxylation is 2. The molecule has 31 heavy (non-hydrogen) atoms. The molecule has 1 unspecified atom stereocenters. The molecule has 0 saturated carbocycles. The van der Waals surface area contributed by atoms with Gasteiger partial charge in [0.2, 0.25) is 0 Å². The SMILES string of the molecule is COC(=O)CC(O)c1cc(C(F)(F)F)ccc1CCCCCCCCc1ccccc1. The number of methoxy groups -OCH3 is 1. The van der Waals surface area contributed by atoms with Crippen LogP contribution >= 0.6 is 0 Å². The number of aliphatic hydroxyl groups is 1. The highest BCUT2D eigenvalue weighted by Crippen LogP contribution is 2.33. The highest BCUT2D eigenvalue weighted by Gasteiger charge is 2.32. The van der Waals surface area contributed by atoms with Crippen LogP contribution < -0.4 is 0 Å². The van der Waals surface area contributed by atoms with Gasteiger partial charge in [0.05, 0.1) is 25.2 Å². The van der Waals surface area contributed by atoms with Crippen LogP contribution in [-0.2, 0) is 28.5 Å². The maximum atomic E-state index is 13.1. The van der Waals surface area contributed by atoms with Gasteiger partial charge in [0.1, 0.15) is 0 Å². The predicted molar refractivity (Wildman–Crippen MR) is 115 cm³/mol. The van der Waals surface area contributed by atoms with E-state index in [0.29, 0.717) is 12.0 Å². The molecule has 0 aliphatic heterocycles. The van der Waals surface area contributed by atoms with Crippen molar-refractivity contribution in [1.29, 1.82) is 0 Å². The van der Waals surface area contributed by atoms with Gasteiger partial charge >= 0.3 is 12.1 Å². The molecule has 6 heteroatoms. The molecule has 0 saturated heterocycles. The van der Waals surface area contributed by atoms with Crippen LogP contribution in [0.5, 0.6) is 0 Å². The van der Waals surface area contributed by atoms with Gasteiger partial charge in [-0.15, -0.1) is 0 Å². The third kappa shape index (κ3) is 8.74. The number of rotatable bonds is 12. The van der Waals surface area contributed by atoms with Gasteiger partial charge in [-0.2, -0.15) is 13.2 Å². The van der Waals surface area contributed by atoms with Gasteiger partial charge in [0.15, 0.2) is 0 Å². The highest BCUT2D eigenvalue weighted by atomic mass is 19.4. The molecule has 0 aromatic heterocycles. The monoisotopic (exact) mass is 436 g/mol. The smallest absolute Gasteiger partial charge is 0.416 e. The number of aliphatic hydroxyl groups excluding tert-OH is 1. The number of hydrogen-bond acceptors (Lipinski definition) is 3. The molecular formula is C25H31F3O3. The minimum absolute atomic E-state index is 0.156. The number of unbranched alkanes of at least 4 members (excludes halogenated alkanes) is 5. The molecular weight excluding hydrogens is 405 g/mol. The molecule has 0 heterocycles. The lowest BCUT2D eigenvalue weighted by Crippen LogP contribution is -2.13. The Morgan fingerprint density at radius 1 is 0.935 bits per heavy atom. The first kappa shape index (κ1) is 24.9. The fourth-order valence-electron chi connectivity index (χ4n) is 3.66. The quantitative estimate of drug-likeness (QED) is 0.308. The second-order valence-corrected chi connectivity index (χ2v) is 7.81. The lowest BCUT2D eigenvalue weighted by Gasteiger charge is -2.17. The van der Waals surface area contributed by atoms with Crippen LogP contribution in [0.1, 0.15) is 73.3 Å². The molecule has 0 fully saturated rings. The van der Waals surface area contributed by atoms with Gasteiger partial charge in [0.25, 0.3) is 0 Å². The summed E-state index contributed by atoms with van der Waals surface area (Å²) in [6.07, 6.45) is 1.73. The summed E-state index contributed by atoms with van der Waals surface area (Å²) < 4.78 is 43.8. The van der Waals surface area contributed by atoms with Crippen LogP contribution in [-0.4, -0.2) is 18.2 Å². The minimum atomic E-state index is -4.50. The zero-order chi connectivity index (χ0) is 22.7. The van der Waals surface area contributed by atoms with Crippen molar-refractivity contribution < 1.29 is 27.8 Å². The molecule has 2 aromatic carbocycles. The van der Waals surface area contributed by atoms with Gasteiger partial charge in [-0.3, -0.25) is 4.79 Å². The summed E-state index contributed by atoms with van der Waals surface area (Å²) in [4.78, 5) is 11.5. The largest absolute Gasteiger partial charge is 0.469 e. The Labute approximate surface area is 182 Å². The Kier molecular flexibility index (Phi) is 10.0. The summed E-state index contributed by atoms with van der Waals surface area (Å²) >= 11 is 0. The number of hydrogen-bond donors (Lipinski definition) is 1. The van der Waals surface area contributed by atoms with Crippen molar-refractivity contribution in [1.82, 2.24) is 0 Å². The molecule has 0 aliphatic rings. The lowest BCUT2D eigenvalue weighted by molar-refractivity contribution is -0.142. The average Bonchev–Trinajstić information content (AvgIpc) is 2.75. The molecule has 1 N–H and O–H groups in total. The number of carbonyl (C=O) groups excluding carboxylic acids is 1. The van der Waals surface area contributed by atoms with E-state index in [-0.39, 0.29) is 12.0 Å². The first-order chi connectivity index (χ1) is 14.8. The van der Waals surface area contributed by atoms with E-state index < -0.39 is 23.8 Å². The maximum absolute atomic E-state index is 13.1. The predicted octanol–water partition coefficient (Wildman–Crippen LogP) is 6.43. The van der Waals surface area contributed by atoms with Gasteiger partial charge in [-0.05, 0) is 54.5 Å². The Hall–Kier alpha value is -2.34. The topological polar surface area (TPSA) is 46.5 Å². The summed E-state index contributed by atoms with van der Waals surface area (Å²) in [6, 6.07) is 13.8. The molecule has 0 radical (unpaired) electrons. The normalized spacial score (nSPS) is 12.5. The van der Waals surface area contributed by atoms with Crippen molar-refractivity contribution >= 4 is 5.97 Å². The lowest BCUT2D eigenvalue weighted by atomic mass is 9.93. The Morgan fingerprint density at radius 2 is 1.55 bits per heavy atom. The second-order valence-electron chi connectivity index (χ2n) is 7.81. The second kappa shape index (κ2) is 12.5. The zero-order valence-electron chi connectivity index (χ0n) is 18.0. The molecule has 170 valence electrons. The Bertz CT molecular complexity index is 803. The van der Waals surface area contributed by atoms with Gasteiger partial charge < -0.3 is 9.84 Å². The summed E-state index contributed by atoms with van der Waals surface area (Å²) in [6.45, 7) is 0. The standard InChI is InChI=1S/C25H31F3O3/c1-31-24(30)18-23(29)22-17-21(25(26,27)28)16-15-20(22)14-10-5-3-2-4-7-11-19-12-8-6-9-13-19/h6,8-9,12-13,15-17,23,29H,2-5,7,10-11,14,18H2,1H3. The fraction of sp³-hybridized carbons (Fsp3) is 0.480. The Morgan fingerprint density at radius 3 is 2.16 bits per heavy atom. The van der Waals surface area contributed by atoms with Crippen molar-refractivity contribution in [3.8, 4) is 0 Å². The van der Waals surface area contributed by atoms with E-state index in [1.165, 1.54) is 18.7 Å². The van der Waals surface area contributed by atoms with Gasteiger partial charge in [-0.1, -0.05) is 62.1 Å². The molecule has 0 bridgehead atoms. The number of alkyl halides is 3. The Balaban J connectivity index is 1.82. The van der Waals surface area contributed by atoms with Crippen molar-refractivity contribution in [3.05, 3.63) is 70.8 Å². The van der Waals surface area contributed by atoms with E-state index in [2.05, 4.69) is 16.9 Å². The van der Waals surface area contributed by atoms with Crippen LogP contribution in [0.2, 0.25) is 0 Å². The third-order valence-electron chi connectivity index (χ3n) is 5.42. The number of ether oxygens (including phenoxy) is 1. The van der Waals surface area contributed by atoms with E-state index >= 15 is 0 Å². The van der Waals surface area contributed by atoms with E-state index in [1.807, 2.05) is 18.2 Å². The zero-order valence-corrected chi connectivity index (χ0v) is 18.0. The highest BCUT2D eigenvalue weighted by molar-refractivity contribution is 5.70. The maximum Gasteiger partial charge on any atom is 0.416 e. The van der Waals surface area contributed by atoms with Crippen LogP contribution in [0.3, 0.4) is 0 Å². The summed E-state index contributed by atoms with van der Waals surface area (Å²) in [5.74, 6) is -0.661. The van der Waals surface area contributed by atoms with E-state index in [4.69, 9.17) is 0 Å². The molecule has 0 amide bonds. The summed E-state index contributed by atoms with van der Waals surface area (Å²) in [7, 11) is 1.18. The molecule has 0 aliphatic carbocycles. The number of benzene rings is 2. The van der Waals surface area contributed by atoms with Crippen molar-refractivity contribution in [2.75, 3.05) is 7.11 Å². The number of esters is 1. The summed E-state index contributed by atoms with van der Waals surface area (Å²) in [5.41, 5.74) is 1.33. The molecule has 2 rings (SSSR count). The van der Waals surface area contributed by atoms with E-state index in [9.17, 15) is 23.1 Å². The van der Waals surface area contributed by atoms with Crippen LogP contribution in [0.15, 0.2) is 48.5 Å². The molecule has 0 spiro atoms. The molecule has 3 nitrogen and oxygen atoms in total. The minimum Gasteiger partial charge on any atom is -0.469 e. The van der Waals surface area contributed by atoms with Gasteiger partial charge in [-0.25, -0.2) is 0 Å².